The van der Waals surface area contributed by atoms with E-state index in [1.54, 1.807) is 0 Å². The lowest BCUT2D eigenvalue weighted by molar-refractivity contribution is -0.395. The minimum Gasteiger partial charge on any atom is -0.394 e. The molecule has 4 amide bonds. The third kappa shape index (κ3) is 17.5. The van der Waals surface area contributed by atoms with Crippen LogP contribution in [-0.4, -0.2) is 387 Å². The molecule has 0 bridgehead atoms. The fraction of sp³-hybridized carbons (Fsp3) is 0.920. The maximum Gasteiger partial charge on any atom is 0.217 e. The number of ether oxygens (including phenoxy) is 12. The lowest BCUT2D eigenvalue weighted by Crippen LogP contribution is -2.70. The zero-order chi connectivity index (χ0) is 66.9. The van der Waals surface area contributed by atoms with Crippen LogP contribution in [0, 0.1) is 0 Å². The lowest BCUT2D eigenvalue weighted by Gasteiger charge is -2.50. The summed E-state index contributed by atoms with van der Waals surface area (Å²) in [6.07, 6.45) is -61.4. The van der Waals surface area contributed by atoms with Crippen LogP contribution in [0.4, 0.5) is 0 Å². The van der Waals surface area contributed by atoms with Gasteiger partial charge in [0.25, 0.3) is 0 Å². The Morgan fingerprint density at radius 2 is 0.756 bits per heavy atom. The zero-order valence-corrected chi connectivity index (χ0v) is 48.8. The molecule has 6 aliphatic heterocycles. The summed E-state index contributed by atoms with van der Waals surface area (Å²) in [5.41, 5.74) is 0. The van der Waals surface area contributed by atoms with E-state index in [0.717, 1.165) is 27.7 Å². The van der Waals surface area contributed by atoms with E-state index in [-0.39, 0.29) is 0 Å². The van der Waals surface area contributed by atoms with Crippen molar-refractivity contribution in [2.45, 2.75) is 236 Å². The minimum absolute atomic E-state index is 0.777. The Labute approximate surface area is 511 Å². The predicted molar refractivity (Wildman–Crippen MR) is 280 cm³/mol. The topological polar surface area (TPSA) is 632 Å². The molecule has 6 aliphatic rings. The number of carbonyl (C=O) groups excluding carboxylic acids is 4. The molecule has 24 N–H and O–H groups in total. The van der Waals surface area contributed by atoms with Crippen LogP contribution in [0.15, 0.2) is 0 Å². The van der Waals surface area contributed by atoms with Gasteiger partial charge in [0, 0.05) is 27.7 Å². The summed E-state index contributed by atoms with van der Waals surface area (Å²) in [5.74, 6) is -3.36. The van der Waals surface area contributed by atoms with Crippen molar-refractivity contribution in [1.29, 1.82) is 0 Å². The van der Waals surface area contributed by atoms with Crippen molar-refractivity contribution >= 4 is 23.6 Å². The second-order valence-electron chi connectivity index (χ2n) is 22.3. The van der Waals surface area contributed by atoms with E-state index in [2.05, 4.69) is 21.3 Å². The van der Waals surface area contributed by atoms with Crippen molar-refractivity contribution < 1.29 is 178 Å². The van der Waals surface area contributed by atoms with Crippen molar-refractivity contribution in [2.75, 3.05) is 52.9 Å². The number of amides is 4. The first-order chi connectivity index (χ1) is 42.5. The summed E-state index contributed by atoms with van der Waals surface area (Å²) >= 11 is 0. The molecule has 0 radical (unpaired) electrons. The molecule has 40 heteroatoms. The molecule has 40 nitrogen and oxygen atoms in total. The molecule has 6 heterocycles. The number of carbonyl (C=O) groups is 4. The molecule has 0 aromatic rings. The summed E-state index contributed by atoms with van der Waals surface area (Å²) in [5, 5.41) is 228. The molecule has 6 fully saturated rings. The van der Waals surface area contributed by atoms with Crippen molar-refractivity contribution in [3.63, 3.8) is 0 Å². The summed E-state index contributed by atoms with van der Waals surface area (Å²) < 4.78 is 70.9. The second kappa shape index (κ2) is 33.8. The largest absolute Gasteiger partial charge is 0.394 e. The van der Waals surface area contributed by atoms with Crippen molar-refractivity contribution in [1.82, 2.24) is 21.3 Å². The van der Waals surface area contributed by atoms with Gasteiger partial charge in [0.1, 0.15) is 165 Å². The number of hydrogen-bond donors (Lipinski definition) is 24. The van der Waals surface area contributed by atoms with Gasteiger partial charge in [0.05, 0.1) is 58.9 Å². The molecule has 34 atom stereocenters. The normalized spacial score (nSPS) is 43.9. The van der Waals surface area contributed by atoms with Gasteiger partial charge in [-0.05, 0) is 0 Å². The molecule has 0 aromatic carbocycles. The highest BCUT2D eigenvalue weighted by Crippen LogP contribution is 2.37. The number of aliphatic hydroxyl groups excluding tert-OH is 20. The molecule has 6 saturated heterocycles. The van der Waals surface area contributed by atoms with Gasteiger partial charge in [-0.2, -0.15) is 0 Å². The third-order valence-electron chi connectivity index (χ3n) is 15.8. The van der Waals surface area contributed by atoms with E-state index in [4.69, 9.17) is 56.8 Å². The first-order valence-electron chi connectivity index (χ1n) is 28.5. The molecule has 6 rings (SSSR count). The van der Waals surface area contributed by atoms with Crippen LogP contribution in [0.1, 0.15) is 27.7 Å². The number of aliphatic hydroxyl groups is 20. The smallest absolute Gasteiger partial charge is 0.217 e. The molecular formula is C50H86N4O36. The van der Waals surface area contributed by atoms with Crippen LogP contribution in [0.3, 0.4) is 0 Å². The van der Waals surface area contributed by atoms with E-state index >= 15 is 0 Å². The van der Waals surface area contributed by atoms with Gasteiger partial charge in [-0.25, -0.2) is 0 Å². The van der Waals surface area contributed by atoms with Crippen molar-refractivity contribution in [2.24, 2.45) is 0 Å². The van der Waals surface area contributed by atoms with Crippen LogP contribution in [0.5, 0.6) is 0 Å². The number of hydrogen-bond acceptors (Lipinski definition) is 36. The Bertz CT molecular complexity index is 2260. The quantitative estimate of drug-likeness (QED) is 0.0363. The van der Waals surface area contributed by atoms with Crippen LogP contribution >= 0.6 is 0 Å². The SMILES string of the molecule is CC(=O)N[C@H]1[C@H](O[C@@H]([C@H](O)[C@H](CO)NC(C)=O)[C@H](O)CO)O[C@H](CO)[C@@H](O[C@@H]2O[C@H](CO[C@H]3O[C@H](CO)[C@@H](O)[C@H](O)[C@@H]3O[C@@H]3O[C@H](CO)[C@@H](O)[C@H](O)[C@H]3NC(C)=O)[C@@H](O)[C@H](O[C@H]3O[C@H](CO)[C@@H](O)[C@H](O)[C@@H]3O[C@@H]3O[C@H](CO)[C@@H](O)[C@H](O)[C@H]3NC(C)=O)[C@@H]2O)[C@@H]1O. The fourth-order valence-electron chi connectivity index (χ4n) is 11.1. The van der Waals surface area contributed by atoms with Gasteiger partial charge in [0.2, 0.25) is 23.6 Å². The number of nitrogens with one attached hydrogen (secondary N) is 4. The predicted octanol–water partition coefficient (Wildman–Crippen LogP) is -16.1. The number of rotatable bonds is 27. The first-order valence-corrected chi connectivity index (χ1v) is 28.5. The van der Waals surface area contributed by atoms with Gasteiger partial charge in [-0.1, -0.05) is 0 Å². The summed E-state index contributed by atoms with van der Waals surface area (Å²) in [6.45, 7) is -4.47. The van der Waals surface area contributed by atoms with Gasteiger partial charge in [0.15, 0.2) is 37.7 Å². The van der Waals surface area contributed by atoms with Crippen molar-refractivity contribution in [3.05, 3.63) is 0 Å². The van der Waals surface area contributed by atoms with E-state index in [1.165, 1.54) is 0 Å². The highest BCUT2D eigenvalue weighted by atomic mass is 16.8. The first kappa shape index (κ1) is 75.6. The van der Waals surface area contributed by atoms with Gasteiger partial charge in [-0.15, -0.1) is 0 Å². The summed E-state index contributed by atoms with van der Waals surface area (Å²) in [4.78, 5) is 49.4. The third-order valence-corrected chi connectivity index (χ3v) is 15.8. The minimum atomic E-state index is -2.47. The Morgan fingerprint density at radius 1 is 0.378 bits per heavy atom. The summed E-state index contributed by atoms with van der Waals surface area (Å²) in [6, 6.07) is -6.92. The molecule has 0 unspecified atom stereocenters. The molecule has 0 aromatic heterocycles. The monoisotopic (exact) mass is 1320 g/mol. The molecule has 0 spiro atoms. The highest BCUT2D eigenvalue weighted by Gasteiger charge is 2.58. The maximum absolute atomic E-state index is 12.8. The zero-order valence-electron chi connectivity index (χ0n) is 48.8. The van der Waals surface area contributed by atoms with Gasteiger partial charge >= 0.3 is 0 Å². The van der Waals surface area contributed by atoms with E-state index < -0.39 is 285 Å². The van der Waals surface area contributed by atoms with Gasteiger partial charge in [-0.3, -0.25) is 19.2 Å². The Hall–Kier alpha value is -3.40. The van der Waals surface area contributed by atoms with Crippen LogP contribution in [-0.2, 0) is 76.0 Å². The molecule has 0 aliphatic carbocycles. The maximum atomic E-state index is 12.8. The average Bonchev–Trinajstić information content (AvgIpc) is 0.816. The Kier molecular flexibility index (Phi) is 28.4. The van der Waals surface area contributed by atoms with Gasteiger partial charge < -0.3 is 180 Å². The summed E-state index contributed by atoms with van der Waals surface area (Å²) in [7, 11) is 0. The second-order valence-corrected chi connectivity index (χ2v) is 22.3. The molecule has 90 heavy (non-hydrogen) atoms. The van der Waals surface area contributed by atoms with Crippen LogP contribution in [0.2, 0.25) is 0 Å². The lowest BCUT2D eigenvalue weighted by atomic mass is 9.94. The molecule has 522 valence electrons. The van der Waals surface area contributed by atoms with Crippen molar-refractivity contribution in [3.8, 4) is 0 Å². The van der Waals surface area contributed by atoms with Crippen LogP contribution < -0.4 is 21.3 Å². The highest BCUT2D eigenvalue weighted by molar-refractivity contribution is 5.74. The Balaban J connectivity index is 1.40. The van der Waals surface area contributed by atoms with E-state index in [1.807, 2.05) is 0 Å². The fourth-order valence-corrected chi connectivity index (χ4v) is 11.1. The standard InChI is InChI=1S/C50H86N4O36/c1-13(62)51-17(5-55)28(67)40(18(66)6-56)86-47-27(54-16(4)65)36(75)41(23(11-61)84-47)87-48-39(78)42(88-50-44(38(77)32(71)22(10-60)83-50)90-46-26(53-15(3)64)35(74)30(69)20(8-58)81-46)33(72)24(85-48)12-79-49-43(37(76)31(70)21(9-59)82-49)89-45-25(52-14(2)63)34(73)29(68)19(7-57)80-45/h17-50,55-61,66-78H,5-12H2,1-4H3,(H,51,62)(H,52,63)(H,53,64)(H,54,65)/t17-,18+,19+,20+,21+,22+,23+,24+,25+,26+,27+,28+,29+,30+,31+,32+,33+,34+,35+,36+,37-,38-,39-,40+,41+,42-,43-,44-,45-,46-,47-,48-,49-,50+/m0/s1. The Morgan fingerprint density at radius 3 is 1.18 bits per heavy atom. The molecule has 0 saturated carbocycles. The molecular weight excluding hydrogens is 1230 g/mol. The van der Waals surface area contributed by atoms with E-state index in [0.29, 0.717) is 0 Å². The van der Waals surface area contributed by atoms with Crippen LogP contribution in [0.25, 0.3) is 0 Å². The average molecular weight is 1320 g/mol. The van der Waals surface area contributed by atoms with E-state index in [9.17, 15) is 121 Å².